The Kier molecular flexibility index (Phi) is 6.07. The Morgan fingerprint density at radius 1 is 1.17 bits per heavy atom. The molecule has 1 N–H and O–H groups in total. The number of imidazole rings is 1. The molecule has 0 aliphatic carbocycles. The van der Waals surface area contributed by atoms with Gasteiger partial charge in [0.25, 0.3) is 5.91 Å². The van der Waals surface area contributed by atoms with Crippen molar-refractivity contribution in [3.8, 4) is 5.75 Å². The molecule has 0 spiro atoms. The van der Waals surface area contributed by atoms with Crippen LogP contribution in [0.1, 0.15) is 41.6 Å². The van der Waals surface area contributed by atoms with Crippen molar-refractivity contribution in [2.45, 2.75) is 26.0 Å². The van der Waals surface area contributed by atoms with Crippen molar-refractivity contribution >= 4 is 11.7 Å². The number of nitrogens with zero attached hydrogens (tertiary/aromatic N) is 2. The van der Waals surface area contributed by atoms with Crippen LogP contribution in [0.3, 0.4) is 0 Å². The Hall–Kier alpha value is -3.48. The summed E-state index contributed by atoms with van der Waals surface area (Å²) in [5, 5.41) is 2.92. The Balaban J connectivity index is 1.79. The maximum Gasteiger partial charge on any atom is 0.261 e. The van der Waals surface area contributed by atoms with Crippen LogP contribution in [-0.2, 0) is 11.8 Å². The minimum atomic E-state index is -0.819. The van der Waals surface area contributed by atoms with Crippen LogP contribution in [0.15, 0.2) is 60.9 Å². The average Bonchev–Trinajstić information content (AvgIpc) is 3.12. The second kappa shape index (κ2) is 8.68. The lowest BCUT2D eigenvalue weighted by atomic mass is 10.1. The number of rotatable bonds is 7. The zero-order valence-corrected chi connectivity index (χ0v) is 16.4. The second-order valence-corrected chi connectivity index (χ2v) is 6.73. The number of nitrogens with one attached hydrogen (secondary N) is 1. The van der Waals surface area contributed by atoms with E-state index in [9.17, 15) is 14.0 Å². The number of ether oxygens (including phenoxy) is 1. The summed E-state index contributed by atoms with van der Waals surface area (Å²) in [5.41, 5.74) is 1.20. The second-order valence-electron chi connectivity index (χ2n) is 6.73. The standard InChI is InChI=1S/C22H22FN3O3/c1-14(27)17-5-4-6-19(13-17)29-15(2)22(28)25-20(21-24-11-12-26(21)3)16-7-9-18(23)10-8-16/h4-13,15,20H,1-3H3,(H,25,28). The molecule has 0 aliphatic heterocycles. The normalized spacial score (nSPS) is 12.8. The lowest BCUT2D eigenvalue weighted by molar-refractivity contribution is -0.127. The number of halogens is 1. The minimum Gasteiger partial charge on any atom is -0.481 e. The highest BCUT2D eigenvalue weighted by Crippen LogP contribution is 2.22. The van der Waals surface area contributed by atoms with Crippen molar-refractivity contribution in [3.05, 3.63) is 83.7 Å². The van der Waals surface area contributed by atoms with Crippen LogP contribution >= 0.6 is 0 Å². The highest BCUT2D eigenvalue weighted by Gasteiger charge is 2.24. The number of hydrogen-bond acceptors (Lipinski definition) is 4. The van der Waals surface area contributed by atoms with Crippen molar-refractivity contribution < 1.29 is 18.7 Å². The highest BCUT2D eigenvalue weighted by atomic mass is 19.1. The first-order valence-corrected chi connectivity index (χ1v) is 9.16. The van der Waals surface area contributed by atoms with Crippen LogP contribution in [0, 0.1) is 5.82 Å². The Morgan fingerprint density at radius 3 is 2.52 bits per heavy atom. The molecule has 1 aromatic heterocycles. The molecule has 2 atom stereocenters. The molecule has 0 bridgehead atoms. The van der Waals surface area contributed by atoms with Crippen molar-refractivity contribution in [2.75, 3.05) is 0 Å². The Labute approximate surface area is 168 Å². The molecule has 3 rings (SSSR count). The van der Waals surface area contributed by atoms with Gasteiger partial charge in [0.1, 0.15) is 23.4 Å². The maximum absolute atomic E-state index is 13.3. The van der Waals surface area contributed by atoms with Crippen LogP contribution < -0.4 is 10.1 Å². The SMILES string of the molecule is CC(=O)c1cccc(OC(C)C(=O)NC(c2ccc(F)cc2)c2nccn2C)c1. The molecule has 1 amide bonds. The van der Waals surface area contributed by atoms with E-state index in [0.29, 0.717) is 22.7 Å². The molecule has 2 unspecified atom stereocenters. The first-order chi connectivity index (χ1) is 13.8. The van der Waals surface area contributed by atoms with Crippen LogP contribution in [0.5, 0.6) is 5.75 Å². The largest absolute Gasteiger partial charge is 0.481 e. The van der Waals surface area contributed by atoms with Crippen LogP contribution in [-0.4, -0.2) is 27.3 Å². The number of benzene rings is 2. The summed E-state index contributed by atoms with van der Waals surface area (Å²) in [6, 6.07) is 12.0. The van der Waals surface area contributed by atoms with Gasteiger partial charge in [0, 0.05) is 25.0 Å². The molecule has 0 aliphatic rings. The third-order valence-corrected chi connectivity index (χ3v) is 4.53. The molecule has 6 nitrogen and oxygen atoms in total. The van der Waals surface area contributed by atoms with E-state index in [2.05, 4.69) is 10.3 Å². The fourth-order valence-corrected chi connectivity index (χ4v) is 2.91. The van der Waals surface area contributed by atoms with E-state index in [0.717, 1.165) is 0 Å². The van der Waals surface area contributed by atoms with E-state index in [4.69, 9.17) is 4.74 Å². The summed E-state index contributed by atoms with van der Waals surface area (Å²) in [6.45, 7) is 3.09. The van der Waals surface area contributed by atoms with Crippen molar-refractivity contribution in [1.82, 2.24) is 14.9 Å². The molecule has 0 saturated heterocycles. The number of carbonyl (C=O) groups excluding carboxylic acids is 2. The average molecular weight is 395 g/mol. The number of hydrogen-bond donors (Lipinski definition) is 1. The summed E-state index contributed by atoms with van der Waals surface area (Å²) in [5.74, 6) is 0.224. The van der Waals surface area contributed by atoms with Gasteiger partial charge in [-0.05, 0) is 43.7 Å². The monoisotopic (exact) mass is 395 g/mol. The zero-order chi connectivity index (χ0) is 21.0. The van der Waals surface area contributed by atoms with E-state index in [1.807, 2.05) is 7.05 Å². The van der Waals surface area contributed by atoms with Crippen LogP contribution in [0.2, 0.25) is 0 Å². The fraction of sp³-hybridized carbons (Fsp3) is 0.227. The summed E-state index contributed by atoms with van der Waals surface area (Å²) in [4.78, 5) is 28.7. The molecule has 3 aromatic rings. The van der Waals surface area contributed by atoms with Gasteiger partial charge in [-0.2, -0.15) is 0 Å². The Bertz CT molecular complexity index is 1010. The summed E-state index contributed by atoms with van der Waals surface area (Å²) in [7, 11) is 1.82. The minimum absolute atomic E-state index is 0.0845. The third-order valence-electron chi connectivity index (χ3n) is 4.53. The first kappa shape index (κ1) is 20.3. The van der Waals surface area contributed by atoms with Crippen molar-refractivity contribution in [2.24, 2.45) is 7.05 Å². The molecule has 0 saturated carbocycles. The molecule has 0 fully saturated rings. The van der Waals surface area contributed by atoms with Gasteiger partial charge in [0.15, 0.2) is 11.9 Å². The van der Waals surface area contributed by atoms with E-state index in [1.165, 1.54) is 19.1 Å². The lowest BCUT2D eigenvalue weighted by Gasteiger charge is -2.22. The summed E-state index contributed by atoms with van der Waals surface area (Å²) in [6.07, 6.45) is 2.58. The summed E-state index contributed by atoms with van der Waals surface area (Å²) >= 11 is 0. The molecular weight excluding hydrogens is 373 g/mol. The number of aromatic nitrogens is 2. The zero-order valence-electron chi connectivity index (χ0n) is 16.4. The molecule has 29 heavy (non-hydrogen) atoms. The van der Waals surface area contributed by atoms with E-state index in [-0.39, 0.29) is 17.5 Å². The van der Waals surface area contributed by atoms with Gasteiger partial charge >= 0.3 is 0 Å². The predicted molar refractivity (Wildman–Crippen MR) is 106 cm³/mol. The van der Waals surface area contributed by atoms with Gasteiger partial charge in [-0.15, -0.1) is 0 Å². The topological polar surface area (TPSA) is 73.2 Å². The van der Waals surface area contributed by atoms with E-state index < -0.39 is 12.1 Å². The quantitative estimate of drug-likeness (QED) is 0.622. The van der Waals surface area contributed by atoms with Gasteiger partial charge < -0.3 is 14.6 Å². The molecule has 0 radical (unpaired) electrons. The van der Waals surface area contributed by atoms with Gasteiger partial charge in [-0.3, -0.25) is 9.59 Å². The smallest absolute Gasteiger partial charge is 0.261 e. The molecule has 2 aromatic carbocycles. The predicted octanol–water partition coefficient (Wildman–Crippen LogP) is 3.43. The number of Topliss-reactive ketones (excluding diaryl/α,β-unsaturated/α-hetero) is 1. The molecular formula is C22H22FN3O3. The number of carbonyl (C=O) groups is 2. The highest BCUT2D eigenvalue weighted by molar-refractivity contribution is 5.94. The van der Waals surface area contributed by atoms with E-state index in [1.54, 1.807) is 60.3 Å². The van der Waals surface area contributed by atoms with Gasteiger partial charge in [0.2, 0.25) is 0 Å². The van der Waals surface area contributed by atoms with Gasteiger partial charge in [-0.25, -0.2) is 9.37 Å². The number of amides is 1. The van der Waals surface area contributed by atoms with E-state index >= 15 is 0 Å². The molecule has 150 valence electrons. The summed E-state index contributed by atoms with van der Waals surface area (Å²) < 4.78 is 20.8. The first-order valence-electron chi connectivity index (χ1n) is 9.16. The fourth-order valence-electron chi connectivity index (χ4n) is 2.91. The van der Waals surface area contributed by atoms with Gasteiger partial charge in [0.05, 0.1) is 0 Å². The van der Waals surface area contributed by atoms with Crippen molar-refractivity contribution in [3.63, 3.8) is 0 Å². The van der Waals surface area contributed by atoms with Crippen molar-refractivity contribution in [1.29, 1.82) is 0 Å². The number of aryl methyl sites for hydroxylation is 1. The Morgan fingerprint density at radius 2 is 1.90 bits per heavy atom. The molecule has 1 heterocycles. The van der Waals surface area contributed by atoms with Crippen LogP contribution in [0.4, 0.5) is 4.39 Å². The molecule has 7 heteroatoms. The maximum atomic E-state index is 13.3. The van der Waals surface area contributed by atoms with Gasteiger partial charge in [-0.1, -0.05) is 24.3 Å². The lowest BCUT2D eigenvalue weighted by Crippen LogP contribution is -2.39. The third kappa shape index (κ3) is 4.87. The number of ketones is 1. The van der Waals surface area contributed by atoms with Crippen LogP contribution in [0.25, 0.3) is 0 Å².